The van der Waals surface area contributed by atoms with Crippen molar-refractivity contribution in [1.29, 1.82) is 0 Å². The van der Waals surface area contributed by atoms with Gasteiger partial charge in [-0.1, -0.05) is 35.6 Å². The molecular weight excluding hydrogens is 334 g/mol. The van der Waals surface area contributed by atoms with Gasteiger partial charge in [-0.15, -0.1) is 0 Å². The van der Waals surface area contributed by atoms with E-state index in [0.717, 1.165) is 29.3 Å². The van der Waals surface area contributed by atoms with Gasteiger partial charge in [0.05, 0.1) is 15.9 Å². The maximum absolute atomic E-state index is 4.91. The standard InChI is InChI=1S/C19H23N3S2/c1-21(2)14-15-8-10-16(11-9-15)20-19-22(12-13-23-3)17-6-4-5-7-18(17)24-19/h4-11H,12-14H2,1-3H3. The molecule has 5 heteroatoms. The average Bonchev–Trinajstić information content (AvgIpc) is 2.91. The van der Waals surface area contributed by atoms with Gasteiger partial charge >= 0.3 is 0 Å². The lowest BCUT2D eigenvalue weighted by molar-refractivity contribution is 0.402. The Kier molecular flexibility index (Phi) is 5.76. The number of aromatic nitrogens is 1. The molecule has 0 atom stereocenters. The van der Waals surface area contributed by atoms with Gasteiger partial charge in [0.15, 0.2) is 4.80 Å². The molecule has 0 aliphatic carbocycles. The highest BCUT2D eigenvalue weighted by atomic mass is 32.2. The van der Waals surface area contributed by atoms with Crippen molar-refractivity contribution in [3.63, 3.8) is 0 Å². The largest absolute Gasteiger partial charge is 0.316 e. The first-order valence-electron chi connectivity index (χ1n) is 8.03. The first-order chi connectivity index (χ1) is 11.7. The van der Waals surface area contributed by atoms with Gasteiger partial charge in [-0.25, -0.2) is 4.99 Å². The van der Waals surface area contributed by atoms with E-state index < -0.39 is 0 Å². The molecule has 0 spiro atoms. The summed E-state index contributed by atoms with van der Waals surface area (Å²) in [5, 5.41) is 0. The predicted octanol–water partition coefficient (Wildman–Crippen LogP) is 4.36. The summed E-state index contributed by atoms with van der Waals surface area (Å²) in [6.07, 6.45) is 2.15. The lowest BCUT2D eigenvalue weighted by atomic mass is 10.2. The molecule has 3 rings (SSSR count). The van der Waals surface area contributed by atoms with Crippen molar-refractivity contribution in [1.82, 2.24) is 9.47 Å². The number of rotatable bonds is 6. The highest BCUT2D eigenvalue weighted by Gasteiger charge is 2.05. The van der Waals surface area contributed by atoms with Crippen LogP contribution in [0.2, 0.25) is 0 Å². The van der Waals surface area contributed by atoms with Crippen LogP contribution in [0.3, 0.4) is 0 Å². The fourth-order valence-electron chi connectivity index (χ4n) is 2.66. The van der Waals surface area contributed by atoms with Crippen LogP contribution >= 0.6 is 23.1 Å². The number of benzene rings is 2. The molecule has 1 heterocycles. The van der Waals surface area contributed by atoms with Gasteiger partial charge in [0.1, 0.15) is 0 Å². The molecule has 0 aliphatic heterocycles. The smallest absolute Gasteiger partial charge is 0.190 e. The minimum atomic E-state index is 0.955. The summed E-state index contributed by atoms with van der Waals surface area (Å²) in [5.74, 6) is 1.09. The van der Waals surface area contributed by atoms with E-state index in [2.05, 4.69) is 78.3 Å². The van der Waals surface area contributed by atoms with Crippen molar-refractivity contribution in [2.45, 2.75) is 13.1 Å². The van der Waals surface area contributed by atoms with Gasteiger partial charge in [0.25, 0.3) is 0 Å². The second-order valence-electron chi connectivity index (χ2n) is 6.01. The van der Waals surface area contributed by atoms with Crippen molar-refractivity contribution in [3.8, 4) is 0 Å². The Bertz CT molecular complexity index is 860. The van der Waals surface area contributed by atoms with Crippen molar-refractivity contribution in [2.24, 2.45) is 4.99 Å². The van der Waals surface area contributed by atoms with E-state index in [0.29, 0.717) is 0 Å². The fourth-order valence-corrected chi connectivity index (χ4v) is 4.10. The topological polar surface area (TPSA) is 20.5 Å². The molecule has 0 amide bonds. The van der Waals surface area contributed by atoms with Gasteiger partial charge in [-0.3, -0.25) is 0 Å². The van der Waals surface area contributed by atoms with Crippen LogP contribution in [-0.2, 0) is 13.1 Å². The number of para-hydroxylation sites is 1. The molecule has 126 valence electrons. The van der Waals surface area contributed by atoms with E-state index in [-0.39, 0.29) is 0 Å². The number of fused-ring (bicyclic) bond motifs is 1. The summed E-state index contributed by atoms with van der Waals surface area (Å²) >= 11 is 3.63. The highest BCUT2D eigenvalue weighted by molar-refractivity contribution is 7.98. The van der Waals surface area contributed by atoms with Crippen LogP contribution in [0.15, 0.2) is 53.5 Å². The predicted molar refractivity (Wildman–Crippen MR) is 107 cm³/mol. The number of nitrogens with zero attached hydrogens (tertiary/aromatic N) is 3. The van der Waals surface area contributed by atoms with Gasteiger partial charge in [-0.05, 0) is 50.2 Å². The van der Waals surface area contributed by atoms with Crippen molar-refractivity contribution in [2.75, 3.05) is 26.1 Å². The Morgan fingerprint density at radius 3 is 2.54 bits per heavy atom. The van der Waals surface area contributed by atoms with Gasteiger partial charge in [-0.2, -0.15) is 11.8 Å². The molecule has 0 radical (unpaired) electrons. The fraction of sp³-hybridized carbons (Fsp3) is 0.316. The third-order valence-electron chi connectivity index (χ3n) is 3.77. The Labute approximate surface area is 151 Å². The Balaban J connectivity index is 1.99. The number of hydrogen-bond donors (Lipinski definition) is 0. The second-order valence-corrected chi connectivity index (χ2v) is 8.01. The number of thioether (sulfide) groups is 1. The normalized spacial score (nSPS) is 12.4. The summed E-state index contributed by atoms with van der Waals surface area (Å²) in [5.41, 5.74) is 3.60. The first-order valence-corrected chi connectivity index (χ1v) is 10.2. The molecular formula is C19H23N3S2. The molecule has 2 aromatic carbocycles. The zero-order valence-electron chi connectivity index (χ0n) is 14.4. The number of aryl methyl sites for hydroxylation is 1. The molecule has 3 aromatic rings. The summed E-state index contributed by atoms with van der Waals surface area (Å²) < 4.78 is 3.63. The average molecular weight is 358 g/mol. The molecule has 0 N–H and O–H groups in total. The van der Waals surface area contributed by atoms with E-state index in [1.165, 1.54) is 15.8 Å². The van der Waals surface area contributed by atoms with Crippen LogP contribution in [0.1, 0.15) is 5.56 Å². The minimum absolute atomic E-state index is 0.955. The quantitative estimate of drug-likeness (QED) is 0.653. The Morgan fingerprint density at radius 1 is 1.08 bits per heavy atom. The SMILES string of the molecule is CSCCn1c(=Nc2ccc(CN(C)C)cc2)sc2ccccc21. The summed E-state index contributed by atoms with van der Waals surface area (Å²) in [7, 11) is 4.17. The van der Waals surface area contributed by atoms with Crippen LogP contribution in [0.4, 0.5) is 5.69 Å². The van der Waals surface area contributed by atoms with Crippen molar-refractivity contribution in [3.05, 3.63) is 58.9 Å². The van der Waals surface area contributed by atoms with Crippen LogP contribution in [0.5, 0.6) is 0 Å². The van der Waals surface area contributed by atoms with E-state index >= 15 is 0 Å². The van der Waals surface area contributed by atoms with Crippen LogP contribution in [0, 0.1) is 0 Å². The molecule has 0 fully saturated rings. The first kappa shape index (κ1) is 17.3. The molecule has 0 aliphatic rings. The molecule has 0 bridgehead atoms. The lowest BCUT2D eigenvalue weighted by Gasteiger charge is -2.09. The maximum Gasteiger partial charge on any atom is 0.190 e. The third-order valence-corrected chi connectivity index (χ3v) is 5.42. The number of thiazole rings is 1. The van der Waals surface area contributed by atoms with Crippen molar-refractivity contribution >= 4 is 39.0 Å². The van der Waals surface area contributed by atoms with Crippen LogP contribution in [-0.4, -0.2) is 35.6 Å². The summed E-state index contributed by atoms with van der Waals surface area (Å²) in [4.78, 5) is 8.16. The Morgan fingerprint density at radius 2 is 1.83 bits per heavy atom. The third kappa shape index (κ3) is 4.09. The Hall–Kier alpha value is -1.56. The minimum Gasteiger partial charge on any atom is -0.316 e. The summed E-state index contributed by atoms with van der Waals surface area (Å²) in [6, 6.07) is 17.1. The van der Waals surface area contributed by atoms with Gasteiger partial charge < -0.3 is 9.47 Å². The molecule has 3 nitrogen and oxygen atoms in total. The van der Waals surface area contributed by atoms with Crippen LogP contribution < -0.4 is 4.80 Å². The zero-order valence-corrected chi connectivity index (χ0v) is 16.0. The monoisotopic (exact) mass is 357 g/mol. The molecule has 24 heavy (non-hydrogen) atoms. The van der Waals surface area contributed by atoms with E-state index in [9.17, 15) is 0 Å². The van der Waals surface area contributed by atoms with E-state index in [1.807, 2.05) is 11.8 Å². The highest BCUT2D eigenvalue weighted by Crippen LogP contribution is 2.19. The number of hydrogen-bond acceptors (Lipinski definition) is 4. The molecule has 0 unspecified atom stereocenters. The molecule has 1 aromatic heterocycles. The van der Waals surface area contributed by atoms with Gasteiger partial charge in [0.2, 0.25) is 0 Å². The maximum atomic E-state index is 4.91. The molecule has 0 saturated carbocycles. The van der Waals surface area contributed by atoms with E-state index in [4.69, 9.17) is 4.99 Å². The molecule has 0 saturated heterocycles. The van der Waals surface area contributed by atoms with Crippen LogP contribution in [0.25, 0.3) is 10.2 Å². The zero-order chi connectivity index (χ0) is 16.9. The van der Waals surface area contributed by atoms with Gasteiger partial charge in [0, 0.05) is 18.8 Å². The summed E-state index contributed by atoms with van der Waals surface area (Å²) in [6.45, 7) is 1.94. The lowest BCUT2D eigenvalue weighted by Crippen LogP contribution is -2.15. The van der Waals surface area contributed by atoms with Crippen molar-refractivity contribution < 1.29 is 0 Å². The van der Waals surface area contributed by atoms with E-state index in [1.54, 1.807) is 11.3 Å². The second kappa shape index (κ2) is 8.01.